The van der Waals surface area contributed by atoms with Gasteiger partial charge in [-0.2, -0.15) is 0 Å². The molecule has 4 heteroatoms. The number of ether oxygens (including phenoxy) is 1. The van der Waals surface area contributed by atoms with Crippen molar-refractivity contribution in [3.05, 3.63) is 23.3 Å². The van der Waals surface area contributed by atoms with Crippen molar-refractivity contribution in [1.82, 2.24) is 9.55 Å². The fraction of sp³-hybridized carbons (Fsp3) is 0.462. The summed E-state index contributed by atoms with van der Waals surface area (Å²) in [5, 5.41) is 0. The molecule has 0 spiro atoms. The summed E-state index contributed by atoms with van der Waals surface area (Å²) in [7, 11) is 1.67. The minimum absolute atomic E-state index is 0.459. The zero-order valence-corrected chi connectivity index (χ0v) is 10.1. The average molecular weight is 231 g/mol. The number of hydrogen-bond donors (Lipinski definition) is 1. The second-order valence-corrected chi connectivity index (χ2v) is 4.63. The fourth-order valence-electron chi connectivity index (χ4n) is 2.64. The van der Waals surface area contributed by atoms with Gasteiger partial charge in [-0.1, -0.05) is 0 Å². The summed E-state index contributed by atoms with van der Waals surface area (Å²) in [6, 6.07) is 4.42. The molecule has 1 aliphatic rings. The highest BCUT2D eigenvalue weighted by molar-refractivity contribution is 5.80. The van der Waals surface area contributed by atoms with Crippen LogP contribution in [0.4, 0.5) is 5.95 Å². The molecule has 0 saturated heterocycles. The van der Waals surface area contributed by atoms with Gasteiger partial charge in [0.25, 0.3) is 0 Å². The normalized spacial score (nSPS) is 15.1. The number of nitrogens with two attached hydrogens (primary N) is 1. The molecule has 2 N–H and O–H groups in total. The number of nitrogen functional groups attached to an aromatic ring is 1. The van der Waals surface area contributed by atoms with Gasteiger partial charge in [0.2, 0.25) is 5.95 Å². The molecule has 2 aromatic rings. The lowest BCUT2D eigenvalue weighted by atomic mass is 9.91. The Hall–Kier alpha value is -1.55. The van der Waals surface area contributed by atoms with E-state index in [4.69, 9.17) is 10.5 Å². The van der Waals surface area contributed by atoms with Crippen molar-refractivity contribution >= 4 is 17.0 Å². The molecule has 0 aliphatic heterocycles. The maximum absolute atomic E-state index is 5.91. The van der Waals surface area contributed by atoms with E-state index in [-0.39, 0.29) is 0 Å². The summed E-state index contributed by atoms with van der Waals surface area (Å²) in [6.07, 6.45) is 4.91. The third-order valence-corrected chi connectivity index (χ3v) is 3.50. The van der Waals surface area contributed by atoms with Crippen LogP contribution in [0.1, 0.15) is 24.0 Å². The van der Waals surface area contributed by atoms with Crippen LogP contribution in [0.2, 0.25) is 0 Å². The van der Waals surface area contributed by atoms with Crippen LogP contribution in [0.25, 0.3) is 11.0 Å². The molecule has 1 aromatic heterocycles. The van der Waals surface area contributed by atoms with E-state index in [0.29, 0.717) is 12.7 Å². The van der Waals surface area contributed by atoms with Crippen molar-refractivity contribution < 1.29 is 4.74 Å². The zero-order valence-electron chi connectivity index (χ0n) is 10.1. The topological polar surface area (TPSA) is 53.1 Å². The van der Waals surface area contributed by atoms with Gasteiger partial charge in [-0.15, -0.1) is 0 Å². The monoisotopic (exact) mass is 231 g/mol. The van der Waals surface area contributed by atoms with Crippen LogP contribution in [0.15, 0.2) is 12.1 Å². The largest absolute Gasteiger partial charge is 0.369 e. The quantitative estimate of drug-likeness (QED) is 0.861. The molecule has 0 fully saturated rings. The van der Waals surface area contributed by atoms with Gasteiger partial charge in [0, 0.05) is 7.11 Å². The number of hydrogen-bond acceptors (Lipinski definition) is 3. The maximum Gasteiger partial charge on any atom is 0.203 e. The Bertz CT molecular complexity index is 559. The van der Waals surface area contributed by atoms with Crippen molar-refractivity contribution in [3.8, 4) is 0 Å². The van der Waals surface area contributed by atoms with Gasteiger partial charge < -0.3 is 10.5 Å². The predicted octanol–water partition coefficient (Wildman–Crippen LogP) is 2.10. The predicted molar refractivity (Wildman–Crippen MR) is 67.8 cm³/mol. The molecule has 0 unspecified atom stereocenters. The first-order chi connectivity index (χ1) is 8.29. The second kappa shape index (κ2) is 4.04. The molecule has 0 saturated carbocycles. The van der Waals surface area contributed by atoms with Gasteiger partial charge in [0.05, 0.1) is 11.0 Å². The molecule has 4 nitrogen and oxygen atoms in total. The Kier molecular flexibility index (Phi) is 2.52. The Labute approximate surface area is 100 Å². The summed E-state index contributed by atoms with van der Waals surface area (Å²) in [6.45, 7) is 0.459. The van der Waals surface area contributed by atoms with Crippen LogP contribution in [0, 0.1) is 0 Å². The Balaban J connectivity index is 2.19. The van der Waals surface area contributed by atoms with Crippen LogP contribution in [-0.4, -0.2) is 16.7 Å². The van der Waals surface area contributed by atoms with E-state index in [1.807, 2.05) is 4.57 Å². The minimum atomic E-state index is 0.459. The van der Waals surface area contributed by atoms with E-state index in [9.17, 15) is 0 Å². The van der Waals surface area contributed by atoms with E-state index in [1.165, 1.54) is 36.8 Å². The highest BCUT2D eigenvalue weighted by Crippen LogP contribution is 2.27. The molecule has 1 aliphatic carbocycles. The highest BCUT2D eigenvalue weighted by atomic mass is 16.5. The number of rotatable bonds is 2. The van der Waals surface area contributed by atoms with Crippen molar-refractivity contribution in [1.29, 1.82) is 0 Å². The average Bonchev–Trinajstić information content (AvgIpc) is 2.63. The van der Waals surface area contributed by atoms with Crippen molar-refractivity contribution in [3.63, 3.8) is 0 Å². The van der Waals surface area contributed by atoms with Gasteiger partial charge in [-0.05, 0) is 48.9 Å². The Morgan fingerprint density at radius 1 is 1.29 bits per heavy atom. The molecule has 3 rings (SSSR count). The summed E-state index contributed by atoms with van der Waals surface area (Å²) >= 11 is 0. The zero-order chi connectivity index (χ0) is 11.8. The summed E-state index contributed by atoms with van der Waals surface area (Å²) in [5.41, 5.74) is 10.9. The first kappa shape index (κ1) is 10.6. The first-order valence-electron chi connectivity index (χ1n) is 6.06. The van der Waals surface area contributed by atoms with E-state index in [1.54, 1.807) is 7.11 Å². The number of methoxy groups -OCH3 is 1. The number of benzene rings is 1. The fourth-order valence-corrected chi connectivity index (χ4v) is 2.64. The van der Waals surface area contributed by atoms with Gasteiger partial charge in [-0.25, -0.2) is 4.98 Å². The van der Waals surface area contributed by atoms with E-state index < -0.39 is 0 Å². The van der Waals surface area contributed by atoms with E-state index in [0.717, 1.165) is 11.0 Å². The molecular weight excluding hydrogens is 214 g/mol. The van der Waals surface area contributed by atoms with E-state index >= 15 is 0 Å². The van der Waals surface area contributed by atoms with Crippen LogP contribution in [0.5, 0.6) is 0 Å². The first-order valence-corrected chi connectivity index (χ1v) is 6.06. The molecule has 1 heterocycles. The van der Waals surface area contributed by atoms with Crippen LogP contribution in [-0.2, 0) is 24.3 Å². The lowest BCUT2D eigenvalue weighted by Crippen LogP contribution is -2.06. The minimum Gasteiger partial charge on any atom is -0.369 e. The number of aromatic nitrogens is 2. The standard InChI is InChI=1S/C13H17N3O/c1-17-8-16-12-7-10-5-3-2-4-9(10)6-11(12)15-13(16)14/h6-7H,2-5,8H2,1H3,(H2,14,15). The SMILES string of the molecule is COCn1c(N)nc2cc3c(cc21)CCCC3. The molecule has 0 radical (unpaired) electrons. The second-order valence-electron chi connectivity index (χ2n) is 4.63. The molecule has 90 valence electrons. The molecular formula is C13H17N3O. The van der Waals surface area contributed by atoms with Crippen LogP contribution < -0.4 is 5.73 Å². The summed E-state index contributed by atoms with van der Waals surface area (Å²) in [4.78, 5) is 4.40. The molecule has 0 bridgehead atoms. The van der Waals surface area contributed by atoms with Crippen molar-refractivity contribution in [2.24, 2.45) is 0 Å². The van der Waals surface area contributed by atoms with Gasteiger partial charge in [-0.3, -0.25) is 4.57 Å². The van der Waals surface area contributed by atoms with E-state index in [2.05, 4.69) is 17.1 Å². The van der Waals surface area contributed by atoms with Crippen molar-refractivity contribution in [2.45, 2.75) is 32.4 Å². The number of aryl methyl sites for hydroxylation is 2. The lowest BCUT2D eigenvalue weighted by Gasteiger charge is -2.15. The van der Waals surface area contributed by atoms with Gasteiger partial charge in [0.1, 0.15) is 6.73 Å². The number of nitrogens with zero attached hydrogens (tertiary/aromatic N) is 2. The Morgan fingerprint density at radius 3 is 2.71 bits per heavy atom. The maximum atomic E-state index is 5.91. The third kappa shape index (κ3) is 1.69. The molecule has 0 atom stereocenters. The van der Waals surface area contributed by atoms with Gasteiger partial charge in [0.15, 0.2) is 0 Å². The lowest BCUT2D eigenvalue weighted by molar-refractivity contribution is 0.136. The summed E-state index contributed by atoms with van der Waals surface area (Å²) < 4.78 is 7.08. The van der Waals surface area contributed by atoms with Crippen LogP contribution in [0.3, 0.4) is 0 Å². The number of anilines is 1. The smallest absolute Gasteiger partial charge is 0.203 e. The Morgan fingerprint density at radius 2 is 2.00 bits per heavy atom. The van der Waals surface area contributed by atoms with Crippen molar-refractivity contribution in [2.75, 3.05) is 12.8 Å². The molecule has 17 heavy (non-hydrogen) atoms. The third-order valence-electron chi connectivity index (χ3n) is 3.50. The number of imidazole rings is 1. The molecule has 0 amide bonds. The number of fused-ring (bicyclic) bond motifs is 2. The molecule has 1 aromatic carbocycles. The summed E-state index contributed by atoms with van der Waals surface area (Å²) in [5.74, 6) is 0.532. The van der Waals surface area contributed by atoms with Crippen LogP contribution >= 0.6 is 0 Å². The highest BCUT2D eigenvalue weighted by Gasteiger charge is 2.14. The van der Waals surface area contributed by atoms with Gasteiger partial charge >= 0.3 is 0 Å².